The molecule has 3 aromatic rings. The minimum Gasteiger partial charge on any atom is -0.480 e. The number of fused-ring (bicyclic) bond motifs is 2. The van der Waals surface area contributed by atoms with Gasteiger partial charge in [-0.2, -0.15) is 0 Å². The number of carbonyl (C=O) groups excluding carboxylic acids is 1. The third-order valence-corrected chi connectivity index (χ3v) is 8.63. The van der Waals surface area contributed by atoms with Crippen LogP contribution >= 0.6 is 0 Å². The summed E-state index contributed by atoms with van der Waals surface area (Å²) in [6, 6.07) is 12.9. The molecule has 37 heavy (non-hydrogen) atoms. The standard InChI is InChI=1S/C28H33N5O4/c1-18-12-20(32-11-10-26(4,16-32)19-8-6-5-7-9-19)13-33-21(18)29-22(31-33)28-14-27(15-28,17-37-28)23(34)30-25(2,3)24(35)36/h5-9,12-13H,10-11,14-17H2,1-4H3,(H,30,34)(H,35,36)/t26-,27?,28?/m0/s1. The van der Waals surface area contributed by atoms with Crippen molar-refractivity contribution in [2.24, 2.45) is 5.41 Å². The topological polar surface area (TPSA) is 109 Å². The van der Waals surface area contributed by atoms with Crippen LogP contribution in [0.25, 0.3) is 5.65 Å². The molecule has 4 fully saturated rings. The smallest absolute Gasteiger partial charge is 0.328 e. The van der Waals surface area contributed by atoms with E-state index in [-0.39, 0.29) is 17.9 Å². The van der Waals surface area contributed by atoms with Crippen molar-refractivity contribution in [2.45, 2.75) is 63.5 Å². The van der Waals surface area contributed by atoms with E-state index in [2.05, 4.69) is 53.5 Å². The number of hydrogen-bond donors (Lipinski definition) is 2. The van der Waals surface area contributed by atoms with E-state index in [1.807, 2.05) is 17.6 Å². The summed E-state index contributed by atoms with van der Waals surface area (Å²) in [4.78, 5) is 31.7. The number of carboxylic acid groups (broad SMARTS) is 1. The van der Waals surface area contributed by atoms with Crippen molar-refractivity contribution in [3.05, 3.63) is 59.5 Å². The van der Waals surface area contributed by atoms with E-state index < -0.39 is 22.5 Å². The Morgan fingerprint density at radius 1 is 1.19 bits per heavy atom. The summed E-state index contributed by atoms with van der Waals surface area (Å²) in [7, 11) is 0. The number of amides is 1. The molecule has 3 saturated heterocycles. The van der Waals surface area contributed by atoms with Crippen molar-refractivity contribution in [1.82, 2.24) is 19.9 Å². The largest absolute Gasteiger partial charge is 0.480 e. The number of benzene rings is 1. The third kappa shape index (κ3) is 3.62. The molecule has 9 nitrogen and oxygen atoms in total. The van der Waals surface area contributed by atoms with Gasteiger partial charge in [-0.25, -0.2) is 14.3 Å². The van der Waals surface area contributed by atoms with Gasteiger partial charge >= 0.3 is 5.97 Å². The number of pyridine rings is 1. The van der Waals surface area contributed by atoms with Gasteiger partial charge in [0.1, 0.15) is 11.1 Å². The van der Waals surface area contributed by atoms with E-state index >= 15 is 0 Å². The summed E-state index contributed by atoms with van der Waals surface area (Å²) >= 11 is 0. The van der Waals surface area contributed by atoms with E-state index in [0.29, 0.717) is 18.7 Å². The minimum atomic E-state index is -1.34. The maximum atomic E-state index is 13.0. The maximum Gasteiger partial charge on any atom is 0.328 e. The van der Waals surface area contributed by atoms with Gasteiger partial charge in [-0.1, -0.05) is 37.3 Å². The minimum absolute atomic E-state index is 0.0966. The third-order valence-electron chi connectivity index (χ3n) is 8.63. The zero-order valence-corrected chi connectivity index (χ0v) is 21.7. The number of aromatic nitrogens is 3. The Hall–Kier alpha value is -3.46. The Balaban J connectivity index is 1.22. The summed E-state index contributed by atoms with van der Waals surface area (Å²) < 4.78 is 7.95. The van der Waals surface area contributed by atoms with Crippen LogP contribution in [0.2, 0.25) is 0 Å². The van der Waals surface area contributed by atoms with Crippen LogP contribution in [0.15, 0.2) is 42.6 Å². The second-order valence-electron chi connectivity index (χ2n) is 12.0. The molecule has 2 N–H and O–H groups in total. The highest BCUT2D eigenvalue weighted by molar-refractivity contribution is 5.91. The molecule has 0 unspecified atom stereocenters. The van der Waals surface area contributed by atoms with Gasteiger partial charge in [0.05, 0.1) is 23.9 Å². The van der Waals surface area contributed by atoms with Gasteiger partial charge in [0.2, 0.25) is 5.91 Å². The summed E-state index contributed by atoms with van der Waals surface area (Å²) in [6.07, 6.45) is 4.02. The van der Waals surface area contributed by atoms with Crippen LogP contribution in [0.3, 0.4) is 0 Å². The lowest BCUT2D eigenvalue weighted by Gasteiger charge is -2.42. The normalized spacial score (nSPS) is 28.9. The molecular formula is C28H33N5O4. The van der Waals surface area contributed by atoms with Crippen LogP contribution in [-0.4, -0.2) is 56.8 Å². The van der Waals surface area contributed by atoms with E-state index in [4.69, 9.17) is 14.8 Å². The number of hydrogen-bond acceptors (Lipinski definition) is 6. The lowest BCUT2D eigenvalue weighted by Crippen LogP contribution is -2.58. The Morgan fingerprint density at radius 2 is 1.92 bits per heavy atom. The second kappa shape index (κ2) is 7.77. The molecule has 9 heteroatoms. The van der Waals surface area contributed by atoms with Crippen LogP contribution in [0.5, 0.6) is 0 Å². The van der Waals surface area contributed by atoms with E-state index in [0.717, 1.165) is 36.4 Å². The Bertz CT molecular complexity index is 1410. The number of nitrogens with one attached hydrogen (secondary N) is 1. The van der Waals surface area contributed by atoms with E-state index in [9.17, 15) is 14.7 Å². The Morgan fingerprint density at radius 3 is 2.62 bits per heavy atom. The first-order valence-electron chi connectivity index (χ1n) is 12.8. The van der Waals surface area contributed by atoms with Gasteiger partial charge in [-0.15, -0.1) is 5.10 Å². The Labute approximate surface area is 215 Å². The molecule has 1 aromatic carbocycles. The number of aliphatic carboxylic acids is 1. The molecular weight excluding hydrogens is 470 g/mol. The Kier molecular flexibility index (Phi) is 5.02. The molecule has 194 valence electrons. The lowest BCUT2D eigenvalue weighted by atomic mass is 9.61. The summed E-state index contributed by atoms with van der Waals surface area (Å²) in [5, 5.41) is 16.9. The molecule has 7 rings (SSSR count). The zero-order valence-electron chi connectivity index (χ0n) is 21.7. The monoisotopic (exact) mass is 503 g/mol. The molecule has 5 heterocycles. The highest BCUT2D eigenvalue weighted by Gasteiger charge is 2.69. The highest BCUT2D eigenvalue weighted by atomic mass is 16.5. The molecule has 1 aliphatic carbocycles. The van der Waals surface area contributed by atoms with Gasteiger partial charge in [-0.3, -0.25) is 4.79 Å². The average Bonchev–Trinajstić information content (AvgIpc) is 3.60. The van der Waals surface area contributed by atoms with Gasteiger partial charge in [0.15, 0.2) is 11.5 Å². The number of carboxylic acids is 1. The molecule has 1 saturated carbocycles. The van der Waals surface area contributed by atoms with Crippen LogP contribution in [0.1, 0.15) is 57.0 Å². The van der Waals surface area contributed by atoms with Crippen LogP contribution in [0, 0.1) is 12.3 Å². The number of carbonyl (C=O) groups is 2. The number of ether oxygens (including phenoxy) is 1. The maximum absolute atomic E-state index is 13.0. The van der Waals surface area contributed by atoms with Gasteiger partial charge in [0.25, 0.3) is 0 Å². The lowest BCUT2D eigenvalue weighted by molar-refractivity contribution is -0.149. The summed E-state index contributed by atoms with van der Waals surface area (Å²) in [5.41, 5.74) is 1.61. The number of nitrogens with zero attached hydrogens (tertiary/aromatic N) is 4. The van der Waals surface area contributed by atoms with E-state index in [1.54, 1.807) is 0 Å². The molecule has 2 aromatic heterocycles. The van der Waals surface area contributed by atoms with Crippen molar-refractivity contribution in [2.75, 3.05) is 24.6 Å². The van der Waals surface area contributed by atoms with Gasteiger partial charge < -0.3 is 20.1 Å². The molecule has 3 aliphatic heterocycles. The average molecular weight is 504 g/mol. The van der Waals surface area contributed by atoms with Crippen molar-refractivity contribution in [1.29, 1.82) is 0 Å². The fourth-order valence-corrected chi connectivity index (χ4v) is 6.20. The van der Waals surface area contributed by atoms with Gasteiger partial charge in [0, 0.05) is 31.3 Å². The van der Waals surface area contributed by atoms with Crippen molar-refractivity contribution in [3.63, 3.8) is 0 Å². The van der Waals surface area contributed by atoms with Crippen LogP contribution < -0.4 is 10.2 Å². The predicted molar refractivity (Wildman–Crippen MR) is 138 cm³/mol. The number of aryl methyl sites for hydroxylation is 1. The predicted octanol–water partition coefficient (Wildman–Crippen LogP) is 3.19. The first kappa shape index (κ1) is 23.9. The summed E-state index contributed by atoms with van der Waals surface area (Å²) in [5.74, 6) is -0.774. The van der Waals surface area contributed by atoms with Crippen molar-refractivity contribution in [3.8, 4) is 0 Å². The first-order valence-corrected chi connectivity index (χ1v) is 12.8. The first-order chi connectivity index (χ1) is 17.5. The number of rotatable bonds is 6. The van der Waals surface area contributed by atoms with Crippen LogP contribution in [-0.2, 0) is 25.3 Å². The summed E-state index contributed by atoms with van der Waals surface area (Å²) in [6.45, 7) is 9.48. The molecule has 0 spiro atoms. The molecule has 1 atom stereocenters. The van der Waals surface area contributed by atoms with Gasteiger partial charge in [-0.05, 0) is 44.4 Å². The fraction of sp³-hybridized carbons (Fsp3) is 0.500. The fourth-order valence-electron chi connectivity index (χ4n) is 6.20. The molecule has 2 bridgehead atoms. The zero-order chi connectivity index (χ0) is 26.2. The molecule has 4 aliphatic rings. The molecule has 1 amide bonds. The van der Waals surface area contributed by atoms with Crippen molar-refractivity contribution >= 4 is 23.2 Å². The van der Waals surface area contributed by atoms with Crippen LogP contribution in [0.4, 0.5) is 5.69 Å². The van der Waals surface area contributed by atoms with Crippen molar-refractivity contribution < 1.29 is 19.4 Å². The highest BCUT2D eigenvalue weighted by Crippen LogP contribution is 2.62. The SMILES string of the molecule is Cc1cc(N2CC[C@](C)(c3ccccc3)C2)cn2nc(C34CC(C(=O)NC(C)(C)C(=O)O)(CO3)C4)nc12. The second-order valence-corrected chi connectivity index (χ2v) is 12.0. The number of anilines is 1. The quantitative estimate of drug-likeness (QED) is 0.532. The van der Waals surface area contributed by atoms with E-state index in [1.165, 1.54) is 19.4 Å². The molecule has 0 radical (unpaired) electrons.